The van der Waals surface area contributed by atoms with Gasteiger partial charge in [0.25, 0.3) is 0 Å². The van der Waals surface area contributed by atoms with E-state index in [2.05, 4.69) is 15.8 Å². The lowest BCUT2D eigenvalue weighted by molar-refractivity contribution is -0.139. The molecule has 1 aromatic carbocycles. The van der Waals surface area contributed by atoms with Crippen molar-refractivity contribution in [3.05, 3.63) is 23.8 Å². The predicted molar refractivity (Wildman–Crippen MR) is 83.2 cm³/mol. The third-order valence-electron chi connectivity index (χ3n) is 2.61. The van der Waals surface area contributed by atoms with E-state index in [0.29, 0.717) is 30.2 Å². The van der Waals surface area contributed by atoms with Gasteiger partial charge in [-0.2, -0.15) is 5.10 Å². The van der Waals surface area contributed by atoms with E-state index >= 15 is 0 Å². The summed E-state index contributed by atoms with van der Waals surface area (Å²) in [7, 11) is 1.54. The Kier molecular flexibility index (Phi) is 7.45. The highest BCUT2D eigenvalue weighted by molar-refractivity contribution is 6.35. The molecule has 0 unspecified atom stereocenters. The molecule has 1 aromatic rings. The van der Waals surface area contributed by atoms with E-state index in [1.54, 1.807) is 25.3 Å². The highest BCUT2D eigenvalue weighted by atomic mass is 16.5. The van der Waals surface area contributed by atoms with Gasteiger partial charge in [0.2, 0.25) is 0 Å². The van der Waals surface area contributed by atoms with E-state index in [4.69, 9.17) is 9.47 Å². The third-order valence-corrected chi connectivity index (χ3v) is 2.61. The maximum atomic E-state index is 11.4. The van der Waals surface area contributed by atoms with Crippen LogP contribution in [0, 0.1) is 0 Å². The minimum absolute atomic E-state index is 0.450. The van der Waals surface area contributed by atoms with Gasteiger partial charge < -0.3 is 14.8 Å². The number of nitrogens with zero attached hydrogens (tertiary/aromatic N) is 1. The lowest BCUT2D eigenvalue weighted by Gasteiger charge is -2.09. The molecule has 2 N–H and O–H groups in total. The van der Waals surface area contributed by atoms with E-state index < -0.39 is 11.8 Å². The second-order valence-electron chi connectivity index (χ2n) is 4.30. The molecule has 0 saturated carbocycles. The molecule has 0 aliphatic carbocycles. The van der Waals surface area contributed by atoms with Gasteiger partial charge in [-0.1, -0.05) is 6.92 Å². The van der Waals surface area contributed by atoms with Crippen molar-refractivity contribution in [2.75, 3.05) is 20.3 Å². The van der Waals surface area contributed by atoms with E-state index in [1.807, 2.05) is 13.8 Å². The van der Waals surface area contributed by atoms with Gasteiger partial charge >= 0.3 is 11.8 Å². The zero-order chi connectivity index (χ0) is 16.4. The number of amides is 2. The van der Waals surface area contributed by atoms with Gasteiger partial charge in [0.1, 0.15) is 0 Å². The van der Waals surface area contributed by atoms with Crippen molar-refractivity contribution in [1.82, 2.24) is 10.7 Å². The Bertz CT molecular complexity index is 544. The van der Waals surface area contributed by atoms with Gasteiger partial charge in [0.05, 0.1) is 19.9 Å². The summed E-state index contributed by atoms with van der Waals surface area (Å²) in [6.45, 7) is 4.77. The molecule has 0 heterocycles. The Morgan fingerprint density at radius 1 is 1.23 bits per heavy atom. The van der Waals surface area contributed by atoms with Crippen molar-refractivity contribution in [2.24, 2.45) is 5.10 Å². The number of hydrogen-bond acceptors (Lipinski definition) is 5. The number of benzene rings is 1. The van der Waals surface area contributed by atoms with Crippen LogP contribution in [0.5, 0.6) is 11.5 Å². The minimum Gasteiger partial charge on any atom is -0.493 e. The maximum absolute atomic E-state index is 11.4. The summed E-state index contributed by atoms with van der Waals surface area (Å²) < 4.78 is 10.6. The summed E-state index contributed by atoms with van der Waals surface area (Å²) in [5, 5.41) is 6.20. The summed E-state index contributed by atoms with van der Waals surface area (Å²) in [4.78, 5) is 22.7. The van der Waals surface area contributed by atoms with Gasteiger partial charge in [-0.15, -0.1) is 0 Å². The largest absolute Gasteiger partial charge is 0.493 e. The number of carbonyl (C=O) groups excluding carboxylic acids is 2. The van der Waals surface area contributed by atoms with Crippen LogP contribution >= 0.6 is 0 Å². The normalized spacial score (nSPS) is 10.3. The molecule has 7 heteroatoms. The molecule has 120 valence electrons. The van der Waals surface area contributed by atoms with Crippen molar-refractivity contribution in [2.45, 2.75) is 20.3 Å². The molecule has 2 amide bonds. The Morgan fingerprint density at radius 2 is 2.00 bits per heavy atom. The number of ether oxygens (including phenoxy) is 2. The zero-order valence-electron chi connectivity index (χ0n) is 13.0. The molecule has 7 nitrogen and oxygen atoms in total. The molecule has 0 aliphatic heterocycles. The molecule has 0 atom stereocenters. The summed E-state index contributed by atoms with van der Waals surface area (Å²) in [6.07, 6.45) is 2.18. The Morgan fingerprint density at radius 3 is 2.64 bits per heavy atom. The van der Waals surface area contributed by atoms with Gasteiger partial charge in [-0.25, -0.2) is 5.43 Å². The van der Waals surface area contributed by atoms with Crippen molar-refractivity contribution in [3.8, 4) is 11.5 Å². The first-order valence-corrected chi connectivity index (χ1v) is 7.04. The van der Waals surface area contributed by atoms with Gasteiger partial charge in [-0.3, -0.25) is 9.59 Å². The molecule has 22 heavy (non-hydrogen) atoms. The average Bonchev–Trinajstić information content (AvgIpc) is 2.53. The Balaban J connectivity index is 2.62. The number of nitrogens with one attached hydrogen (secondary N) is 2. The first-order valence-electron chi connectivity index (χ1n) is 7.04. The number of methoxy groups -OCH3 is 1. The quantitative estimate of drug-likeness (QED) is 0.448. The topological polar surface area (TPSA) is 89.0 Å². The standard InChI is InChI=1S/C15H21N3O4/c1-4-8-16-14(19)15(20)18-17-10-11-6-7-12(22-5-2)13(9-11)21-3/h6-7,9-10H,4-5,8H2,1-3H3,(H,16,19)(H,18,20)/b17-10-. The monoisotopic (exact) mass is 307 g/mol. The molecule has 0 aliphatic rings. The summed E-state index contributed by atoms with van der Waals surface area (Å²) in [5.41, 5.74) is 2.87. The fourth-order valence-electron chi connectivity index (χ4n) is 1.57. The molecule has 0 radical (unpaired) electrons. The summed E-state index contributed by atoms with van der Waals surface area (Å²) in [6, 6.07) is 5.23. The van der Waals surface area contributed by atoms with Crippen molar-refractivity contribution >= 4 is 18.0 Å². The molecule has 0 spiro atoms. The van der Waals surface area contributed by atoms with Crippen molar-refractivity contribution in [1.29, 1.82) is 0 Å². The molecule has 0 saturated heterocycles. The lowest BCUT2D eigenvalue weighted by atomic mass is 10.2. The highest BCUT2D eigenvalue weighted by Crippen LogP contribution is 2.27. The molecule has 0 fully saturated rings. The van der Waals surface area contributed by atoms with Crippen LogP contribution in [-0.4, -0.2) is 38.3 Å². The van der Waals surface area contributed by atoms with E-state index in [1.165, 1.54) is 6.21 Å². The maximum Gasteiger partial charge on any atom is 0.329 e. The van der Waals surface area contributed by atoms with Crippen LogP contribution in [0.25, 0.3) is 0 Å². The van der Waals surface area contributed by atoms with E-state index in [-0.39, 0.29) is 0 Å². The second kappa shape index (κ2) is 9.38. The van der Waals surface area contributed by atoms with Crippen LogP contribution in [0.1, 0.15) is 25.8 Å². The fourth-order valence-corrected chi connectivity index (χ4v) is 1.57. The SMILES string of the molecule is CCCNC(=O)C(=O)N/N=C\c1ccc(OCC)c(OC)c1. The van der Waals surface area contributed by atoms with E-state index in [9.17, 15) is 9.59 Å². The zero-order valence-corrected chi connectivity index (χ0v) is 13.0. The molecule has 1 rings (SSSR count). The fraction of sp³-hybridized carbons (Fsp3) is 0.400. The van der Waals surface area contributed by atoms with Gasteiger partial charge in [-0.05, 0) is 37.1 Å². The first kappa shape index (κ1) is 17.5. The number of hydrogen-bond donors (Lipinski definition) is 2. The highest BCUT2D eigenvalue weighted by Gasteiger charge is 2.10. The molecule has 0 aromatic heterocycles. The van der Waals surface area contributed by atoms with Crippen molar-refractivity contribution < 1.29 is 19.1 Å². The number of carbonyl (C=O) groups is 2. The molecular weight excluding hydrogens is 286 g/mol. The van der Waals surface area contributed by atoms with Crippen LogP contribution in [0.4, 0.5) is 0 Å². The summed E-state index contributed by atoms with van der Waals surface area (Å²) >= 11 is 0. The van der Waals surface area contributed by atoms with Crippen LogP contribution < -0.4 is 20.2 Å². The van der Waals surface area contributed by atoms with Gasteiger partial charge in [0, 0.05) is 6.54 Å². The van der Waals surface area contributed by atoms with Crippen LogP contribution in [-0.2, 0) is 9.59 Å². The number of rotatable bonds is 7. The van der Waals surface area contributed by atoms with Crippen LogP contribution in [0.15, 0.2) is 23.3 Å². The molecular formula is C15H21N3O4. The third kappa shape index (κ3) is 5.43. The van der Waals surface area contributed by atoms with E-state index in [0.717, 1.165) is 6.42 Å². The summed E-state index contributed by atoms with van der Waals surface area (Å²) in [5.74, 6) is -0.311. The second-order valence-corrected chi connectivity index (χ2v) is 4.30. The van der Waals surface area contributed by atoms with Crippen molar-refractivity contribution in [3.63, 3.8) is 0 Å². The smallest absolute Gasteiger partial charge is 0.329 e. The Labute approximate surface area is 129 Å². The minimum atomic E-state index is -0.803. The lowest BCUT2D eigenvalue weighted by Crippen LogP contribution is -2.38. The van der Waals surface area contributed by atoms with Gasteiger partial charge in [0.15, 0.2) is 11.5 Å². The predicted octanol–water partition coefficient (Wildman–Crippen LogP) is 1.07. The number of hydrazone groups is 1. The van der Waals surface area contributed by atoms with Crippen LogP contribution in [0.2, 0.25) is 0 Å². The first-order chi connectivity index (χ1) is 10.6. The van der Waals surface area contributed by atoms with Crippen LogP contribution in [0.3, 0.4) is 0 Å². The molecule has 0 bridgehead atoms. The Hall–Kier alpha value is -2.57. The average molecular weight is 307 g/mol.